The molecule has 0 saturated carbocycles. The van der Waals surface area contributed by atoms with Crippen LogP contribution in [-0.2, 0) is 0 Å². The molecular weight excluding hydrogens is 142 g/mol. The zero-order chi connectivity index (χ0) is 7.78. The predicted molar refractivity (Wildman–Crippen MR) is 27.0 cm³/mol. The third kappa shape index (κ3) is 0.637. The van der Waals surface area contributed by atoms with Gasteiger partial charge in [-0.05, 0) is 0 Å². The van der Waals surface area contributed by atoms with Crippen LogP contribution in [0.15, 0.2) is 0 Å². The minimum absolute atomic E-state index is 0.0764. The second kappa shape index (κ2) is 1.87. The van der Waals surface area contributed by atoms with Crippen LogP contribution in [0.1, 0.15) is 6.42 Å². The average Bonchev–Trinajstić information content (AvgIpc) is 1.57. The summed E-state index contributed by atoms with van der Waals surface area (Å²) in [5, 5.41) is 17.0. The van der Waals surface area contributed by atoms with Crippen LogP contribution in [0.5, 0.6) is 0 Å². The summed E-state index contributed by atoms with van der Waals surface area (Å²) in [6.07, 6.45) is 0.598. The second-order valence-corrected chi connectivity index (χ2v) is 2.17. The third-order valence-corrected chi connectivity index (χ3v) is 1.65. The van der Waals surface area contributed by atoms with E-state index in [-0.39, 0.29) is 13.1 Å². The molecule has 1 heterocycles. The molecule has 0 aliphatic carbocycles. The highest BCUT2D eigenvalue weighted by molar-refractivity contribution is 4.39. The normalized spacial score (nSPS) is 21.2. The maximum Gasteiger partial charge on any atom is 0.494 e. The van der Waals surface area contributed by atoms with Gasteiger partial charge in [-0.2, -0.15) is 5.21 Å². The molecule has 0 atom stereocenters. The molecule has 0 radical (unpaired) electrons. The Hall–Kier alpha value is -1.24. The number of hydrogen-bond donors (Lipinski definition) is 1. The van der Waals surface area contributed by atoms with E-state index in [1.165, 1.54) is 0 Å². The monoisotopic (exact) mass is 149 g/mol. The lowest BCUT2D eigenvalue weighted by Gasteiger charge is -2.18. The van der Waals surface area contributed by atoms with Crippen molar-refractivity contribution < 1.29 is 20.0 Å². The number of nitrogens with zero attached hydrogens (tertiary/aromatic N) is 3. The van der Waals surface area contributed by atoms with Crippen LogP contribution in [0, 0.1) is 15.0 Å². The van der Waals surface area contributed by atoms with E-state index in [0.29, 0.717) is 6.42 Å². The Bertz CT molecular complexity index is 170. The highest BCUT2D eigenvalue weighted by atomic mass is 16.8. The van der Waals surface area contributed by atoms with Crippen LogP contribution in [0.25, 0.3) is 0 Å². The van der Waals surface area contributed by atoms with Gasteiger partial charge in [0.25, 0.3) is 0 Å². The first kappa shape index (κ1) is 6.87. The standard InChI is InChI=1S/C3H7N3O4/c7-4(8)6(5(9)10)2-1-3-6/h1-3H2,(H,7,8)/q+2. The predicted octanol–water partition coefficient (Wildman–Crippen LogP) is -0.518. The van der Waals surface area contributed by atoms with Crippen LogP contribution < -0.4 is 0 Å². The summed E-state index contributed by atoms with van der Waals surface area (Å²) < 4.78 is -1.08. The van der Waals surface area contributed by atoms with Crippen LogP contribution in [-0.4, -0.2) is 33.1 Å². The molecule has 0 amide bonds. The first-order valence-corrected chi connectivity index (χ1v) is 2.78. The fourth-order valence-corrected chi connectivity index (χ4v) is 0.838. The largest absolute Gasteiger partial charge is 0.494 e. The average molecular weight is 149 g/mol. The Kier molecular flexibility index (Phi) is 1.29. The molecule has 1 aliphatic heterocycles. The van der Waals surface area contributed by atoms with Crippen LogP contribution >= 0.6 is 0 Å². The Morgan fingerprint density at radius 2 is 1.90 bits per heavy atom. The fourth-order valence-electron chi connectivity index (χ4n) is 0.838. The lowest BCUT2D eigenvalue weighted by atomic mass is 10.2. The second-order valence-electron chi connectivity index (χ2n) is 2.17. The quantitative estimate of drug-likeness (QED) is 0.325. The van der Waals surface area contributed by atoms with Gasteiger partial charge >= 0.3 is 10.1 Å². The van der Waals surface area contributed by atoms with Crippen LogP contribution in [0.2, 0.25) is 0 Å². The molecule has 1 rings (SSSR count). The maximum atomic E-state index is 10.2. The topological polar surface area (TPSA) is 83.5 Å². The van der Waals surface area contributed by atoms with Crippen molar-refractivity contribution in [2.45, 2.75) is 6.42 Å². The minimum atomic E-state index is -1.08. The van der Waals surface area contributed by atoms with Crippen molar-refractivity contribution in [1.29, 1.82) is 0 Å². The van der Waals surface area contributed by atoms with Gasteiger partial charge in [-0.15, -0.1) is 0 Å². The van der Waals surface area contributed by atoms with Crippen molar-refractivity contribution in [2.75, 3.05) is 13.1 Å². The van der Waals surface area contributed by atoms with Gasteiger partial charge < -0.3 is 0 Å². The summed E-state index contributed by atoms with van der Waals surface area (Å²) in [7, 11) is 0. The smallest absolute Gasteiger partial charge is 0.202 e. The molecule has 1 saturated heterocycles. The fraction of sp³-hybridized carbons (Fsp3) is 1.00. The van der Waals surface area contributed by atoms with Crippen molar-refractivity contribution in [3.05, 3.63) is 15.0 Å². The van der Waals surface area contributed by atoms with Gasteiger partial charge in [-0.1, -0.05) is 0 Å². The SMILES string of the molecule is O=[N+]([O-])[N+]1([N+](=O)O)CCC1. The van der Waals surface area contributed by atoms with E-state index in [0.717, 1.165) is 0 Å². The maximum absolute atomic E-state index is 10.2. The molecule has 0 spiro atoms. The summed E-state index contributed by atoms with van der Waals surface area (Å²) in [5.74, 6) is 0. The molecule has 0 aromatic rings. The van der Waals surface area contributed by atoms with E-state index in [9.17, 15) is 15.0 Å². The summed E-state index contributed by atoms with van der Waals surface area (Å²) in [5.41, 5.74) is 0. The van der Waals surface area contributed by atoms with Crippen molar-refractivity contribution in [2.24, 2.45) is 0 Å². The minimum Gasteiger partial charge on any atom is -0.202 e. The molecule has 0 bridgehead atoms. The lowest BCUT2D eigenvalue weighted by molar-refractivity contribution is -1.62. The van der Waals surface area contributed by atoms with E-state index >= 15 is 0 Å². The molecule has 7 heteroatoms. The number of quaternary nitrogens is 1. The Morgan fingerprint density at radius 1 is 1.40 bits per heavy atom. The van der Waals surface area contributed by atoms with Gasteiger partial charge in [0.05, 0.1) is 6.42 Å². The molecular formula is C3H7N3O4+2. The molecule has 1 N–H and O–H groups in total. The van der Waals surface area contributed by atoms with Crippen molar-refractivity contribution in [3.63, 3.8) is 0 Å². The van der Waals surface area contributed by atoms with Gasteiger partial charge in [-0.3, -0.25) is 0 Å². The van der Waals surface area contributed by atoms with Gasteiger partial charge in [-0.25, -0.2) is 10.1 Å². The van der Waals surface area contributed by atoms with E-state index in [1.54, 1.807) is 0 Å². The van der Waals surface area contributed by atoms with E-state index in [2.05, 4.69) is 0 Å². The highest BCUT2D eigenvalue weighted by Gasteiger charge is 2.64. The van der Waals surface area contributed by atoms with Crippen molar-refractivity contribution >= 4 is 0 Å². The molecule has 10 heavy (non-hydrogen) atoms. The lowest BCUT2D eigenvalue weighted by Crippen LogP contribution is -2.65. The van der Waals surface area contributed by atoms with E-state index < -0.39 is 14.8 Å². The highest BCUT2D eigenvalue weighted by Crippen LogP contribution is 2.18. The number of rotatable bonds is 2. The molecule has 0 aromatic carbocycles. The zero-order valence-electron chi connectivity index (χ0n) is 5.13. The number of hydrogen-bond acceptors (Lipinski definition) is 3. The molecule has 7 nitrogen and oxygen atoms in total. The molecule has 0 aromatic heterocycles. The van der Waals surface area contributed by atoms with Crippen molar-refractivity contribution in [3.8, 4) is 0 Å². The van der Waals surface area contributed by atoms with Gasteiger partial charge in [0.1, 0.15) is 4.91 Å². The Balaban J connectivity index is 2.78. The number of nitro groups is 1. The van der Waals surface area contributed by atoms with Crippen LogP contribution in [0.3, 0.4) is 0 Å². The molecule has 1 aliphatic rings. The molecule has 56 valence electrons. The van der Waals surface area contributed by atoms with Gasteiger partial charge in [0.2, 0.25) is 17.8 Å². The zero-order valence-corrected chi connectivity index (χ0v) is 5.13. The van der Waals surface area contributed by atoms with Gasteiger partial charge in [0, 0.05) is 0 Å². The third-order valence-electron chi connectivity index (χ3n) is 1.65. The van der Waals surface area contributed by atoms with Crippen LogP contribution in [0.4, 0.5) is 0 Å². The molecule has 0 unspecified atom stereocenters. The molecule has 1 fully saturated rings. The first-order chi connectivity index (χ1) is 4.59. The van der Waals surface area contributed by atoms with E-state index in [4.69, 9.17) is 5.21 Å². The van der Waals surface area contributed by atoms with Gasteiger partial charge in [0.15, 0.2) is 0 Å². The summed E-state index contributed by atoms with van der Waals surface area (Å²) in [4.78, 5) is 20.3. The summed E-state index contributed by atoms with van der Waals surface area (Å²) >= 11 is 0. The Morgan fingerprint density at radius 3 is 1.90 bits per heavy atom. The van der Waals surface area contributed by atoms with E-state index in [1.807, 2.05) is 0 Å². The summed E-state index contributed by atoms with van der Waals surface area (Å²) in [6, 6.07) is 0. The Labute approximate surface area is 55.7 Å². The first-order valence-electron chi connectivity index (χ1n) is 2.78. The van der Waals surface area contributed by atoms with Crippen molar-refractivity contribution in [1.82, 2.24) is 0 Å². The summed E-state index contributed by atoms with van der Waals surface area (Å²) in [6.45, 7) is 0.153.